The van der Waals surface area contributed by atoms with Gasteiger partial charge in [-0.1, -0.05) is 46.3 Å². The van der Waals surface area contributed by atoms with Crippen molar-refractivity contribution in [1.29, 1.82) is 0 Å². The molecule has 0 aliphatic heterocycles. The van der Waals surface area contributed by atoms with E-state index in [1.807, 2.05) is 42.5 Å². The first-order valence-corrected chi connectivity index (χ1v) is 9.09. The maximum atomic E-state index is 5.30. The smallest absolute Gasteiger partial charge is 0.171 e. The van der Waals surface area contributed by atoms with Gasteiger partial charge in [0.15, 0.2) is 5.11 Å². The Bertz CT molecular complexity index is 785. The second kappa shape index (κ2) is 7.68. The van der Waals surface area contributed by atoms with E-state index in [4.69, 9.17) is 12.2 Å². The van der Waals surface area contributed by atoms with Gasteiger partial charge in [-0.15, -0.1) is 11.3 Å². The van der Waals surface area contributed by atoms with Crippen LogP contribution in [0.4, 0.5) is 5.69 Å². The molecule has 3 nitrogen and oxygen atoms in total. The number of benzene rings is 2. The monoisotopic (exact) mass is 403 g/mol. The molecule has 0 spiro atoms. The Hall–Kier alpha value is -1.76. The summed E-state index contributed by atoms with van der Waals surface area (Å²) < 4.78 is 1.07. The molecule has 116 valence electrons. The normalized spacial score (nSPS) is 10.3. The van der Waals surface area contributed by atoms with E-state index in [0.717, 1.165) is 26.4 Å². The number of hydrogen-bond acceptors (Lipinski definition) is 3. The van der Waals surface area contributed by atoms with Gasteiger partial charge in [-0.25, -0.2) is 4.98 Å². The Morgan fingerprint density at radius 1 is 1.09 bits per heavy atom. The zero-order chi connectivity index (χ0) is 16.1. The fourth-order valence-corrected chi connectivity index (χ4v) is 3.26. The summed E-state index contributed by atoms with van der Waals surface area (Å²) in [6.45, 7) is 0.603. The summed E-state index contributed by atoms with van der Waals surface area (Å²) in [5, 5.41) is 9.98. The van der Waals surface area contributed by atoms with E-state index in [1.54, 1.807) is 11.3 Å². The number of aromatic nitrogens is 1. The molecule has 6 heteroatoms. The van der Waals surface area contributed by atoms with Crippen LogP contribution in [0.3, 0.4) is 0 Å². The highest BCUT2D eigenvalue weighted by Gasteiger charge is 2.05. The summed E-state index contributed by atoms with van der Waals surface area (Å²) in [5.74, 6) is 0. The van der Waals surface area contributed by atoms with Crippen LogP contribution in [0.5, 0.6) is 0 Å². The van der Waals surface area contributed by atoms with E-state index >= 15 is 0 Å². The zero-order valence-electron chi connectivity index (χ0n) is 12.1. The van der Waals surface area contributed by atoms with Crippen molar-refractivity contribution in [3.8, 4) is 10.6 Å². The molecule has 0 atom stereocenters. The van der Waals surface area contributed by atoms with Gasteiger partial charge < -0.3 is 10.6 Å². The summed E-state index contributed by atoms with van der Waals surface area (Å²) in [7, 11) is 0. The van der Waals surface area contributed by atoms with Crippen LogP contribution in [-0.2, 0) is 6.54 Å². The second-order valence-corrected chi connectivity index (χ2v) is 7.01. The third kappa shape index (κ3) is 4.60. The zero-order valence-corrected chi connectivity index (χ0v) is 15.3. The van der Waals surface area contributed by atoms with E-state index in [-0.39, 0.29) is 0 Å². The maximum Gasteiger partial charge on any atom is 0.171 e. The van der Waals surface area contributed by atoms with E-state index in [1.165, 1.54) is 0 Å². The molecule has 0 saturated carbocycles. The summed E-state index contributed by atoms with van der Waals surface area (Å²) in [6, 6.07) is 18.0. The first-order chi connectivity index (χ1) is 11.2. The van der Waals surface area contributed by atoms with Crippen LogP contribution in [0.25, 0.3) is 10.6 Å². The molecule has 0 amide bonds. The molecule has 0 radical (unpaired) electrons. The summed E-state index contributed by atoms with van der Waals surface area (Å²) in [4.78, 5) is 4.64. The number of thiazole rings is 1. The van der Waals surface area contributed by atoms with Crippen LogP contribution < -0.4 is 10.6 Å². The summed E-state index contributed by atoms with van der Waals surface area (Å²) >= 11 is 10.4. The number of hydrogen-bond donors (Lipinski definition) is 2. The van der Waals surface area contributed by atoms with Crippen molar-refractivity contribution in [2.24, 2.45) is 0 Å². The van der Waals surface area contributed by atoms with E-state index < -0.39 is 0 Å². The molecule has 2 N–H and O–H groups in total. The number of halogens is 1. The van der Waals surface area contributed by atoms with Gasteiger partial charge in [0.1, 0.15) is 5.01 Å². The van der Waals surface area contributed by atoms with Crippen molar-refractivity contribution in [3.05, 3.63) is 70.1 Å². The van der Waals surface area contributed by atoms with Crippen molar-refractivity contribution in [2.75, 3.05) is 5.32 Å². The minimum absolute atomic E-state index is 0.592. The van der Waals surface area contributed by atoms with Crippen molar-refractivity contribution in [1.82, 2.24) is 10.3 Å². The third-order valence-corrected chi connectivity index (χ3v) is 4.82. The lowest BCUT2D eigenvalue weighted by molar-refractivity contribution is 0.894. The van der Waals surface area contributed by atoms with Gasteiger partial charge in [0, 0.05) is 21.1 Å². The number of nitrogens with zero attached hydrogens (tertiary/aromatic N) is 1. The van der Waals surface area contributed by atoms with E-state index in [9.17, 15) is 0 Å². The lowest BCUT2D eigenvalue weighted by Crippen LogP contribution is -2.27. The van der Waals surface area contributed by atoms with Crippen LogP contribution in [-0.4, -0.2) is 10.1 Å². The molecule has 0 bridgehead atoms. The Kier molecular flexibility index (Phi) is 5.38. The van der Waals surface area contributed by atoms with Crippen molar-refractivity contribution in [3.63, 3.8) is 0 Å². The van der Waals surface area contributed by atoms with Crippen molar-refractivity contribution < 1.29 is 0 Å². The van der Waals surface area contributed by atoms with Gasteiger partial charge in [0.05, 0.1) is 12.2 Å². The molecule has 0 fully saturated rings. The van der Waals surface area contributed by atoms with Crippen LogP contribution in [0.15, 0.2) is 64.5 Å². The standard InChI is InChI=1S/C17H14BrN3S2/c18-13-8-6-12(7-9-13)16-20-15(11-23-16)10-19-17(22)21-14-4-2-1-3-5-14/h1-9,11H,10H2,(H2,19,21,22). The summed E-state index contributed by atoms with van der Waals surface area (Å²) in [5.41, 5.74) is 3.07. The lowest BCUT2D eigenvalue weighted by atomic mass is 10.2. The van der Waals surface area contributed by atoms with Gasteiger partial charge in [-0.05, 0) is 36.5 Å². The molecule has 0 aliphatic rings. The average Bonchev–Trinajstić information content (AvgIpc) is 3.04. The predicted molar refractivity (Wildman–Crippen MR) is 105 cm³/mol. The minimum Gasteiger partial charge on any atom is -0.357 e. The fraction of sp³-hybridized carbons (Fsp3) is 0.0588. The first-order valence-electron chi connectivity index (χ1n) is 7.01. The molecule has 2 aromatic carbocycles. The number of nitrogens with one attached hydrogen (secondary N) is 2. The van der Waals surface area contributed by atoms with Gasteiger partial charge in [0.25, 0.3) is 0 Å². The SMILES string of the molecule is S=C(NCc1csc(-c2ccc(Br)cc2)n1)Nc1ccccc1. The molecule has 1 heterocycles. The fourth-order valence-electron chi connectivity index (χ4n) is 1.98. The largest absolute Gasteiger partial charge is 0.357 e. The van der Waals surface area contributed by atoms with Crippen LogP contribution >= 0.6 is 39.5 Å². The highest BCUT2D eigenvalue weighted by Crippen LogP contribution is 2.25. The number of anilines is 1. The Labute approximate surface area is 152 Å². The molecular formula is C17H14BrN3S2. The molecule has 0 unspecified atom stereocenters. The van der Waals surface area contributed by atoms with E-state index in [0.29, 0.717) is 11.7 Å². The average molecular weight is 404 g/mol. The molecule has 23 heavy (non-hydrogen) atoms. The Morgan fingerprint density at radius 2 is 1.83 bits per heavy atom. The minimum atomic E-state index is 0.592. The molecule has 1 aromatic heterocycles. The second-order valence-electron chi connectivity index (χ2n) is 4.82. The predicted octanol–water partition coefficient (Wildman–Crippen LogP) is 5.06. The Balaban J connectivity index is 1.57. The van der Waals surface area contributed by atoms with Crippen LogP contribution in [0.1, 0.15) is 5.69 Å². The van der Waals surface area contributed by atoms with Gasteiger partial charge in [-0.2, -0.15) is 0 Å². The first kappa shape index (κ1) is 16.1. The van der Waals surface area contributed by atoms with Gasteiger partial charge in [0.2, 0.25) is 0 Å². The van der Waals surface area contributed by atoms with Crippen molar-refractivity contribution >= 4 is 50.3 Å². The van der Waals surface area contributed by atoms with Crippen LogP contribution in [0.2, 0.25) is 0 Å². The number of rotatable bonds is 4. The van der Waals surface area contributed by atoms with Crippen molar-refractivity contribution in [2.45, 2.75) is 6.54 Å². The number of thiocarbonyl (C=S) groups is 1. The molecule has 3 rings (SSSR count). The number of para-hydroxylation sites is 1. The highest BCUT2D eigenvalue weighted by molar-refractivity contribution is 9.10. The van der Waals surface area contributed by atoms with Crippen LogP contribution in [0, 0.1) is 0 Å². The quantitative estimate of drug-likeness (QED) is 0.596. The van der Waals surface area contributed by atoms with Gasteiger partial charge in [-0.3, -0.25) is 0 Å². The highest BCUT2D eigenvalue weighted by atomic mass is 79.9. The summed E-state index contributed by atoms with van der Waals surface area (Å²) in [6.07, 6.45) is 0. The van der Waals surface area contributed by atoms with Gasteiger partial charge >= 0.3 is 0 Å². The Morgan fingerprint density at radius 3 is 2.57 bits per heavy atom. The molecular weight excluding hydrogens is 390 g/mol. The van der Waals surface area contributed by atoms with E-state index in [2.05, 4.69) is 49.1 Å². The molecule has 3 aromatic rings. The molecule has 0 saturated heterocycles. The topological polar surface area (TPSA) is 37.0 Å². The maximum absolute atomic E-state index is 5.30. The molecule has 0 aliphatic carbocycles. The third-order valence-electron chi connectivity index (χ3n) is 3.10. The lowest BCUT2D eigenvalue weighted by Gasteiger charge is -2.09.